The van der Waals surface area contributed by atoms with Gasteiger partial charge in [-0.3, -0.25) is 0 Å². The van der Waals surface area contributed by atoms with Gasteiger partial charge in [-0.25, -0.2) is 14.8 Å². The number of carbonyl (C=O) groups is 1. The van der Waals surface area contributed by atoms with Crippen LogP contribution in [0.5, 0.6) is 5.75 Å². The lowest BCUT2D eigenvalue weighted by molar-refractivity contribution is 0.0408. The number of alkyl carbamates (subject to hydrolysis) is 1. The molecule has 0 aliphatic carbocycles. The molecule has 0 bridgehead atoms. The first kappa shape index (κ1) is 23.9. The van der Waals surface area contributed by atoms with E-state index >= 15 is 0 Å². The zero-order chi connectivity index (χ0) is 22.5. The summed E-state index contributed by atoms with van der Waals surface area (Å²) in [4.78, 5) is 20.9. The van der Waals surface area contributed by atoms with Gasteiger partial charge in [0.25, 0.3) is 0 Å². The smallest absolute Gasteiger partial charge is 0.408 e. The summed E-state index contributed by atoms with van der Waals surface area (Å²) in [6.45, 7) is 13.8. The van der Waals surface area contributed by atoms with Crippen molar-refractivity contribution in [2.24, 2.45) is 5.92 Å². The van der Waals surface area contributed by atoms with Crippen molar-refractivity contribution in [2.75, 3.05) is 6.61 Å². The lowest BCUT2D eigenvalue weighted by Gasteiger charge is -2.33. The summed E-state index contributed by atoms with van der Waals surface area (Å²) in [6, 6.07) is 7.38. The van der Waals surface area contributed by atoms with E-state index < -0.39 is 17.2 Å². The number of nitrogens with zero attached hydrogens (tertiary/aromatic N) is 2. The number of hydrogen-bond donors (Lipinski definition) is 1. The summed E-state index contributed by atoms with van der Waals surface area (Å²) in [7, 11) is 0. The van der Waals surface area contributed by atoms with E-state index in [1.165, 1.54) is 0 Å². The van der Waals surface area contributed by atoms with E-state index in [9.17, 15) is 4.79 Å². The molecule has 164 valence electrons. The highest BCUT2D eigenvalue weighted by Gasteiger charge is 2.31. The second-order valence-electron chi connectivity index (χ2n) is 9.21. The fraction of sp³-hybridized carbons (Fsp3) is 0.522. The molecule has 1 amide bonds. The molecule has 7 heteroatoms. The van der Waals surface area contributed by atoms with Crippen LogP contribution >= 0.6 is 11.6 Å². The van der Waals surface area contributed by atoms with Crippen LogP contribution in [0.25, 0.3) is 11.3 Å². The molecule has 2 aromatic rings. The van der Waals surface area contributed by atoms with Crippen LogP contribution in [0.1, 0.15) is 53.8 Å². The van der Waals surface area contributed by atoms with Crippen LogP contribution in [0.2, 0.25) is 5.02 Å². The molecular weight excluding hydrogens is 402 g/mol. The minimum absolute atomic E-state index is 0.260. The Balaban J connectivity index is 2.13. The molecule has 0 saturated carbocycles. The lowest BCUT2D eigenvalue weighted by atomic mass is 9.91. The molecule has 1 unspecified atom stereocenters. The Labute approximate surface area is 184 Å². The lowest BCUT2D eigenvalue weighted by Crippen LogP contribution is -2.52. The largest absolute Gasteiger partial charge is 0.490 e. The Morgan fingerprint density at radius 2 is 1.90 bits per heavy atom. The second-order valence-corrected chi connectivity index (χ2v) is 9.62. The van der Waals surface area contributed by atoms with Crippen LogP contribution < -0.4 is 10.1 Å². The number of rotatable bonds is 7. The van der Waals surface area contributed by atoms with Crippen molar-refractivity contribution in [3.05, 3.63) is 41.3 Å². The van der Waals surface area contributed by atoms with E-state index in [2.05, 4.69) is 29.1 Å². The van der Waals surface area contributed by atoms with Gasteiger partial charge in [0, 0.05) is 11.8 Å². The number of hydrogen-bond acceptors (Lipinski definition) is 5. The fourth-order valence-electron chi connectivity index (χ4n) is 3.23. The van der Waals surface area contributed by atoms with Gasteiger partial charge in [-0.15, -0.1) is 0 Å². The molecule has 1 N–H and O–H groups in total. The van der Waals surface area contributed by atoms with E-state index in [0.29, 0.717) is 22.5 Å². The average Bonchev–Trinajstić information content (AvgIpc) is 2.58. The Kier molecular flexibility index (Phi) is 7.70. The molecule has 0 aliphatic heterocycles. The van der Waals surface area contributed by atoms with E-state index in [1.54, 1.807) is 6.20 Å². The van der Waals surface area contributed by atoms with Crippen LogP contribution in [-0.4, -0.2) is 33.8 Å². The standard InChI is InChI=1S/C23H32ClN3O3/c1-15(2)13-23(7,27-21(28)30-22(4,5)6)14-29-20-9-8-17(12-18(20)24)19-10-11-25-16(3)26-19/h8-12,15H,13-14H2,1-7H3,(H,27,28). The van der Waals surface area contributed by atoms with Crippen LogP contribution in [0.3, 0.4) is 0 Å². The van der Waals surface area contributed by atoms with Crippen molar-refractivity contribution in [1.82, 2.24) is 15.3 Å². The topological polar surface area (TPSA) is 73.3 Å². The third-order valence-corrected chi connectivity index (χ3v) is 4.51. The van der Waals surface area contributed by atoms with Crippen molar-refractivity contribution in [1.29, 1.82) is 0 Å². The molecule has 1 aromatic heterocycles. The summed E-state index contributed by atoms with van der Waals surface area (Å²) >= 11 is 6.47. The number of aromatic nitrogens is 2. The Morgan fingerprint density at radius 3 is 2.47 bits per heavy atom. The molecule has 6 nitrogen and oxygen atoms in total. The van der Waals surface area contributed by atoms with Crippen molar-refractivity contribution in [3.8, 4) is 17.0 Å². The first-order valence-electron chi connectivity index (χ1n) is 10.1. The monoisotopic (exact) mass is 433 g/mol. The van der Waals surface area contributed by atoms with Crippen LogP contribution in [0, 0.1) is 12.8 Å². The Bertz CT molecular complexity index is 880. The predicted molar refractivity (Wildman–Crippen MR) is 120 cm³/mol. The zero-order valence-corrected chi connectivity index (χ0v) is 19.6. The Morgan fingerprint density at radius 1 is 1.20 bits per heavy atom. The van der Waals surface area contributed by atoms with Gasteiger partial charge >= 0.3 is 6.09 Å². The number of halogens is 1. The summed E-state index contributed by atoms with van der Waals surface area (Å²) in [5, 5.41) is 3.45. The van der Waals surface area contributed by atoms with Crippen molar-refractivity contribution in [2.45, 2.75) is 66.0 Å². The summed E-state index contributed by atoms with van der Waals surface area (Å²) in [5.41, 5.74) is 0.506. The van der Waals surface area contributed by atoms with Gasteiger partial charge < -0.3 is 14.8 Å². The first-order chi connectivity index (χ1) is 13.9. The van der Waals surface area contributed by atoms with Gasteiger partial charge in [-0.05, 0) is 71.2 Å². The second kappa shape index (κ2) is 9.65. The van der Waals surface area contributed by atoms with Gasteiger partial charge in [-0.2, -0.15) is 0 Å². The number of ether oxygens (including phenoxy) is 2. The number of aryl methyl sites for hydroxylation is 1. The van der Waals surface area contributed by atoms with Crippen molar-refractivity contribution in [3.63, 3.8) is 0 Å². The van der Waals surface area contributed by atoms with Gasteiger partial charge in [0.15, 0.2) is 0 Å². The summed E-state index contributed by atoms with van der Waals surface area (Å²) < 4.78 is 11.4. The molecule has 0 fully saturated rings. The van der Waals surface area contributed by atoms with Crippen molar-refractivity contribution < 1.29 is 14.3 Å². The highest BCUT2D eigenvalue weighted by Crippen LogP contribution is 2.31. The molecule has 0 radical (unpaired) electrons. The average molecular weight is 434 g/mol. The SMILES string of the molecule is Cc1nccc(-c2ccc(OCC(C)(CC(C)C)NC(=O)OC(C)(C)C)c(Cl)c2)n1. The molecule has 0 spiro atoms. The third kappa shape index (κ3) is 7.48. The van der Waals surface area contributed by atoms with Crippen LogP contribution in [0.15, 0.2) is 30.5 Å². The maximum Gasteiger partial charge on any atom is 0.408 e. The highest BCUT2D eigenvalue weighted by atomic mass is 35.5. The molecule has 0 saturated heterocycles. The van der Waals surface area contributed by atoms with E-state index in [0.717, 1.165) is 17.7 Å². The fourth-order valence-corrected chi connectivity index (χ4v) is 3.46. The Hall–Kier alpha value is -2.34. The summed E-state index contributed by atoms with van der Waals surface area (Å²) in [5.74, 6) is 1.60. The first-order valence-corrected chi connectivity index (χ1v) is 10.5. The number of carbonyl (C=O) groups excluding carboxylic acids is 1. The van der Waals surface area contributed by atoms with Crippen LogP contribution in [-0.2, 0) is 4.74 Å². The normalized spacial score (nSPS) is 13.6. The van der Waals surface area contributed by atoms with Crippen molar-refractivity contribution >= 4 is 17.7 Å². The molecule has 30 heavy (non-hydrogen) atoms. The maximum atomic E-state index is 12.3. The quantitative estimate of drug-likeness (QED) is 0.596. The number of amides is 1. The molecule has 2 rings (SSSR count). The highest BCUT2D eigenvalue weighted by molar-refractivity contribution is 6.32. The maximum absolute atomic E-state index is 12.3. The molecule has 0 aliphatic rings. The number of benzene rings is 1. The third-order valence-electron chi connectivity index (χ3n) is 4.21. The van der Waals surface area contributed by atoms with Crippen LogP contribution in [0.4, 0.5) is 4.79 Å². The van der Waals surface area contributed by atoms with Gasteiger partial charge in [0.2, 0.25) is 0 Å². The minimum atomic E-state index is -0.609. The minimum Gasteiger partial charge on any atom is -0.490 e. The van der Waals surface area contributed by atoms with E-state index in [4.69, 9.17) is 21.1 Å². The summed E-state index contributed by atoms with van der Waals surface area (Å²) in [6.07, 6.45) is 1.98. The number of nitrogens with one attached hydrogen (secondary N) is 1. The molecule has 1 heterocycles. The zero-order valence-electron chi connectivity index (χ0n) is 18.9. The van der Waals surface area contributed by atoms with E-state index in [1.807, 2.05) is 58.9 Å². The van der Waals surface area contributed by atoms with E-state index in [-0.39, 0.29) is 6.61 Å². The van der Waals surface area contributed by atoms with Gasteiger partial charge in [0.05, 0.1) is 16.3 Å². The molecule has 1 atom stereocenters. The molecule has 1 aromatic carbocycles. The molecular formula is C23H32ClN3O3. The van der Waals surface area contributed by atoms with Gasteiger partial charge in [0.1, 0.15) is 23.8 Å². The van der Waals surface area contributed by atoms with Gasteiger partial charge in [-0.1, -0.05) is 25.4 Å². The predicted octanol–water partition coefficient (Wildman–Crippen LogP) is 5.81.